The van der Waals surface area contributed by atoms with Crippen molar-refractivity contribution in [3.8, 4) is 5.75 Å². The van der Waals surface area contributed by atoms with Crippen molar-refractivity contribution < 1.29 is 19.4 Å². The van der Waals surface area contributed by atoms with Crippen LogP contribution in [0.2, 0.25) is 0 Å². The van der Waals surface area contributed by atoms with Crippen LogP contribution in [0, 0.1) is 5.92 Å². The standard InChI is InChI=1S/C15H20N2O4/c1-2-21-11-6-3-5-10(9-11)16-15(20)17-13-8-4-7-12(13)14(18)19/h3,5-6,9,12-13H,2,4,7-8H2,1H3,(H,18,19)(H2,16,17,20). The number of carboxylic acid groups (broad SMARTS) is 1. The van der Waals surface area contributed by atoms with E-state index in [0.29, 0.717) is 30.9 Å². The monoisotopic (exact) mass is 292 g/mol. The van der Waals surface area contributed by atoms with Crippen LogP contribution in [-0.4, -0.2) is 29.8 Å². The van der Waals surface area contributed by atoms with Gasteiger partial charge in [0.2, 0.25) is 0 Å². The van der Waals surface area contributed by atoms with Gasteiger partial charge < -0.3 is 20.5 Å². The fraction of sp³-hybridized carbons (Fsp3) is 0.467. The molecule has 1 aliphatic rings. The molecule has 21 heavy (non-hydrogen) atoms. The minimum absolute atomic E-state index is 0.308. The lowest BCUT2D eigenvalue weighted by Gasteiger charge is -2.18. The van der Waals surface area contributed by atoms with Crippen molar-refractivity contribution in [1.82, 2.24) is 5.32 Å². The summed E-state index contributed by atoms with van der Waals surface area (Å²) in [7, 11) is 0. The van der Waals surface area contributed by atoms with Gasteiger partial charge in [0.05, 0.1) is 12.5 Å². The molecule has 0 bridgehead atoms. The molecule has 3 N–H and O–H groups in total. The van der Waals surface area contributed by atoms with E-state index in [9.17, 15) is 9.59 Å². The fourth-order valence-electron chi connectivity index (χ4n) is 2.59. The summed E-state index contributed by atoms with van der Waals surface area (Å²) in [6.45, 7) is 2.44. The highest BCUT2D eigenvalue weighted by Crippen LogP contribution is 2.26. The van der Waals surface area contributed by atoms with Gasteiger partial charge in [-0.1, -0.05) is 12.5 Å². The van der Waals surface area contributed by atoms with Gasteiger partial charge in [-0.15, -0.1) is 0 Å². The van der Waals surface area contributed by atoms with Gasteiger partial charge in [-0.25, -0.2) is 4.79 Å². The summed E-state index contributed by atoms with van der Waals surface area (Å²) in [6.07, 6.45) is 2.13. The van der Waals surface area contributed by atoms with Crippen LogP contribution in [0.4, 0.5) is 10.5 Å². The summed E-state index contributed by atoms with van der Waals surface area (Å²) < 4.78 is 5.36. The van der Waals surface area contributed by atoms with E-state index in [2.05, 4.69) is 10.6 Å². The molecule has 1 aromatic rings. The number of rotatable bonds is 5. The number of anilines is 1. The minimum atomic E-state index is -0.851. The van der Waals surface area contributed by atoms with Crippen molar-refractivity contribution in [3.05, 3.63) is 24.3 Å². The largest absolute Gasteiger partial charge is 0.494 e. The molecule has 0 saturated heterocycles. The predicted octanol–water partition coefficient (Wildman–Crippen LogP) is 2.46. The minimum Gasteiger partial charge on any atom is -0.494 e. The Bertz CT molecular complexity index is 518. The van der Waals surface area contributed by atoms with Crippen molar-refractivity contribution in [2.75, 3.05) is 11.9 Å². The van der Waals surface area contributed by atoms with Crippen LogP contribution >= 0.6 is 0 Å². The molecule has 0 aromatic heterocycles. The lowest BCUT2D eigenvalue weighted by molar-refractivity contribution is -0.142. The van der Waals surface area contributed by atoms with E-state index in [1.165, 1.54) is 0 Å². The molecule has 0 aliphatic heterocycles. The summed E-state index contributed by atoms with van der Waals surface area (Å²) in [5.41, 5.74) is 0.614. The predicted molar refractivity (Wildman–Crippen MR) is 78.5 cm³/mol. The van der Waals surface area contributed by atoms with E-state index < -0.39 is 11.9 Å². The summed E-state index contributed by atoms with van der Waals surface area (Å²) >= 11 is 0. The molecule has 0 radical (unpaired) electrons. The molecule has 1 aromatic carbocycles. The van der Waals surface area contributed by atoms with Gasteiger partial charge in [-0.05, 0) is 31.9 Å². The Balaban J connectivity index is 1.92. The van der Waals surface area contributed by atoms with Gasteiger partial charge >= 0.3 is 12.0 Å². The van der Waals surface area contributed by atoms with E-state index >= 15 is 0 Å². The Morgan fingerprint density at radius 2 is 2.19 bits per heavy atom. The van der Waals surface area contributed by atoms with Gasteiger partial charge in [0.25, 0.3) is 0 Å². The summed E-state index contributed by atoms with van der Waals surface area (Å²) in [5.74, 6) is -0.666. The average molecular weight is 292 g/mol. The van der Waals surface area contributed by atoms with Crippen LogP contribution < -0.4 is 15.4 Å². The summed E-state index contributed by atoms with van der Waals surface area (Å²) in [6, 6.07) is 6.39. The molecule has 1 aliphatic carbocycles. The number of hydrogen-bond acceptors (Lipinski definition) is 3. The maximum absolute atomic E-state index is 11.9. The Labute approximate surface area is 123 Å². The first-order valence-electron chi connectivity index (χ1n) is 7.13. The van der Waals surface area contributed by atoms with E-state index in [-0.39, 0.29) is 12.1 Å². The van der Waals surface area contributed by atoms with Crippen molar-refractivity contribution in [2.45, 2.75) is 32.2 Å². The zero-order chi connectivity index (χ0) is 15.2. The summed E-state index contributed by atoms with van der Waals surface area (Å²) in [5, 5.41) is 14.5. The second kappa shape index (κ2) is 6.97. The number of benzene rings is 1. The molecule has 2 rings (SSSR count). The van der Waals surface area contributed by atoms with Crippen LogP contribution in [0.5, 0.6) is 5.75 Å². The first-order valence-corrected chi connectivity index (χ1v) is 7.13. The molecular formula is C15H20N2O4. The van der Waals surface area contributed by atoms with Crippen LogP contribution in [0.3, 0.4) is 0 Å². The zero-order valence-corrected chi connectivity index (χ0v) is 12.0. The molecule has 0 heterocycles. The molecule has 2 amide bonds. The van der Waals surface area contributed by atoms with Crippen LogP contribution in [0.25, 0.3) is 0 Å². The normalized spacial score (nSPS) is 20.8. The Hall–Kier alpha value is -2.24. The highest BCUT2D eigenvalue weighted by atomic mass is 16.5. The topological polar surface area (TPSA) is 87.7 Å². The molecular weight excluding hydrogens is 272 g/mol. The number of hydrogen-bond donors (Lipinski definition) is 3. The Morgan fingerprint density at radius 3 is 2.90 bits per heavy atom. The van der Waals surface area contributed by atoms with Crippen molar-refractivity contribution in [3.63, 3.8) is 0 Å². The first-order chi connectivity index (χ1) is 10.1. The molecule has 6 heteroatoms. The maximum Gasteiger partial charge on any atom is 0.319 e. The second-order valence-electron chi connectivity index (χ2n) is 5.04. The van der Waals surface area contributed by atoms with Gasteiger partial charge in [-0.2, -0.15) is 0 Å². The number of carbonyl (C=O) groups excluding carboxylic acids is 1. The fourth-order valence-corrected chi connectivity index (χ4v) is 2.59. The van der Waals surface area contributed by atoms with E-state index in [0.717, 1.165) is 6.42 Å². The number of carboxylic acids is 1. The quantitative estimate of drug-likeness (QED) is 0.778. The van der Waals surface area contributed by atoms with Gasteiger partial charge in [-0.3, -0.25) is 4.79 Å². The van der Waals surface area contributed by atoms with Gasteiger partial charge in [0.15, 0.2) is 0 Å². The van der Waals surface area contributed by atoms with E-state index in [4.69, 9.17) is 9.84 Å². The van der Waals surface area contributed by atoms with E-state index in [1.807, 2.05) is 13.0 Å². The third kappa shape index (κ3) is 4.11. The molecule has 0 spiro atoms. The Morgan fingerprint density at radius 1 is 1.38 bits per heavy atom. The Kier molecular flexibility index (Phi) is 5.03. The average Bonchev–Trinajstić information content (AvgIpc) is 2.87. The number of ether oxygens (including phenoxy) is 1. The van der Waals surface area contributed by atoms with Gasteiger partial charge in [0, 0.05) is 17.8 Å². The molecule has 1 saturated carbocycles. The zero-order valence-electron chi connectivity index (χ0n) is 12.0. The highest BCUT2D eigenvalue weighted by Gasteiger charge is 2.33. The van der Waals surface area contributed by atoms with E-state index in [1.54, 1.807) is 18.2 Å². The first kappa shape index (κ1) is 15.2. The molecule has 114 valence electrons. The third-order valence-corrected chi connectivity index (χ3v) is 3.55. The number of carbonyl (C=O) groups is 2. The van der Waals surface area contributed by atoms with Crippen LogP contribution in [-0.2, 0) is 4.79 Å². The summed E-state index contributed by atoms with van der Waals surface area (Å²) in [4.78, 5) is 23.0. The van der Waals surface area contributed by atoms with Crippen molar-refractivity contribution in [2.24, 2.45) is 5.92 Å². The molecule has 2 unspecified atom stereocenters. The number of amides is 2. The third-order valence-electron chi connectivity index (χ3n) is 3.55. The maximum atomic E-state index is 11.9. The highest BCUT2D eigenvalue weighted by molar-refractivity contribution is 5.90. The van der Waals surface area contributed by atoms with Crippen LogP contribution in [0.15, 0.2) is 24.3 Å². The molecule has 2 atom stereocenters. The number of nitrogens with one attached hydrogen (secondary N) is 2. The van der Waals surface area contributed by atoms with Crippen molar-refractivity contribution >= 4 is 17.7 Å². The second-order valence-corrected chi connectivity index (χ2v) is 5.04. The van der Waals surface area contributed by atoms with Crippen LogP contribution in [0.1, 0.15) is 26.2 Å². The van der Waals surface area contributed by atoms with Gasteiger partial charge in [0.1, 0.15) is 5.75 Å². The lowest BCUT2D eigenvalue weighted by Crippen LogP contribution is -2.42. The molecule has 6 nitrogen and oxygen atoms in total. The smallest absolute Gasteiger partial charge is 0.319 e. The van der Waals surface area contributed by atoms with Crippen molar-refractivity contribution in [1.29, 1.82) is 0 Å². The number of urea groups is 1. The number of aliphatic carboxylic acids is 1. The lowest BCUT2D eigenvalue weighted by atomic mass is 10.0. The molecule has 1 fully saturated rings. The SMILES string of the molecule is CCOc1cccc(NC(=O)NC2CCCC2C(=O)O)c1.